The molecule has 0 heterocycles. The molecule has 0 spiro atoms. The van der Waals surface area contributed by atoms with E-state index in [1.165, 1.54) is 262 Å². The number of unbranched alkanes of at least 4 members (excludes halogenated alkanes) is 23. The van der Waals surface area contributed by atoms with Gasteiger partial charge < -0.3 is 0 Å². The van der Waals surface area contributed by atoms with E-state index in [4.69, 9.17) is 0 Å². The number of hydrogen-bond acceptors (Lipinski definition) is 0. The van der Waals surface area contributed by atoms with Crippen LogP contribution >= 0.6 is 0 Å². The Bertz CT molecular complexity index is 601. The van der Waals surface area contributed by atoms with Crippen molar-refractivity contribution in [2.24, 2.45) is 11.8 Å². The van der Waals surface area contributed by atoms with E-state index in [2.05, 4.69) is 110 Å². The van der Waals surface area contributed by atoms with Crippen molar-refractivity contribution in [2.75, 3.05) is 0 Å². The quantitative estimate of drug-likeness (QED) is 0.0431. The van der Waals surface area contributed by atoms with Gasteiger partial charge in [-0.15, -0.1) is 13.2 Å². The summed E-state index contributed by atoms with van der Waals surface area (Å²) in [6.07, 6.45) is 54.9. The minimum absolute atomic E-state index is 1.03. The zero-order valence-electron chi connectivity index (χ0n) is 47.1. The van der Waals surface area contributed by atoms with E-state index in [-0.39, 0.29) is 0 Å². The highest BCUT2D eigenvalue weighted by Crippen LogP contribution is 2.22. The van der Waals surface area contributed by atoms with E-state index >= 15 is 0 Å². The summed E-state index contributed by atoms with van der Waals surface area (Å²) in [5.41, 5.74) is 2.65. The van der Waals surface area contributed by atoms with Gasteiger partial charge in [0.1, 0.15) is 0 Å². The summed E-state index contributed by atoms with van der Waals surface area (Å²) in [7, 11) is 0. The Morgan fingerprint density at radius 3 is 0.639 bits per heavy atom. The van der Waals surface area contributed by atoms with E-state index in [9.17, 15) is 0 Å². The first kappa shape index (κ1) is 74.8. The average molecular weight is 866 g/mol. The Balaban J connectivity index is -0.000000123. The molecule has 0 aromatic carbocycles. The smallest absolute Gasteiger partial charge is 0.0326 e. The third-order valence-corrected chi connectivity index (χ3v) is 11.4. The SMILES string of the molecule is C=C(C)CCCCCC.C=C(C)CCCCCC.CC.CCC.CCCC.CCCCCCCCC(CC)CCCCCC.CCCCCCCCC(CC)CCCCCC. The normalized spacial score (nSPS) is 10.9. The summed E-state index contributed by atoms with van der Waals surface area (Å²) in [4.78, 5) is 0. The third-order valence-electron chi connectivity index (χ3n) is 11.4. The lowest BCUT2D eigenvalue weighted by Gasteiger charge is -2.14. The van der Waals surface area contributed by atoms with Crippen molar-refractivity contribution in [3.63, 3.8) is 0 Å². The molecule has 0 saturated carbocycles. The zero-order valence-corrected chi connectivity index (χ0v) is 47.1. The summed E-state index contributed by atoms with van der Waals surface area (Å²) >= 11 is 0. The van der Waals surface area contributed by atoms with Gasteiger partial charge in [-0.2, -0.15) is 0 Å². The third kappa shape index (κ3) is 99.3. The first-order valence-corrected chi connectivity index (χ1v) is 28.8. The highest BCUT2D eigenvalue weighted by molar-refractivity contribution is 4.87. The maximum atomic E-state index is 3.85. The molecule has 0 saturated heterocycles. The maximum absolute atomic E-state index is 3.85. The predicted molar refractivity (Wildman–Crippen MR) is 296 cm³/mol. The molecule has 0 aliphatic rings. The summed E-state index contributed by atoms with van der Waals surface area (Å²) < 4.78 is 0. The molecule has 0 aromatic heterocycles. The number of rotatable bonds is 37. The second kappa shape index (κ2) is 79.8. The van der Waals surface area contributed by atoms with Crippen LogP contribution in [-0.2, 0) is 0 Å². The van der Waals surface area contributed by atoms with Crippen LogP contribution in [0.1, 0.15) is 361 Å². The molecule has 376 valence electrons. The fourth-order valence-electron chi connectivity index (χ4n) is 6.96. The minimum atomic E-state index is 1.03. The van der Waals surface area contributed by atoms with E-state index < -0.39 is 0 Å². The van der Waals surface area contributed by atoms with Crippen molar-refractivity contribution in [1.29, 1.82) is 0 Å². The molecule has 0 heteroatoms. The van der Waals surface area contributed by atoms with Gasteiger partial charge in [0.15, 0.2) is 0 Å². The van der Waals surface area contributed by atoms with Crippen LogP contribution in [0.4, 0.5) is 0 Å². The molecule has 0 amide bonds. The molecule has 0 aliphatic carbocycles. The van der Waals surface area contributed by atoms with Crippen LogP contribution in [0.25, 0.3) is 0 Å². The molecular formula is C61H132. The van der Waals surface area contributed by atoms with Crippen LogP contribution in [0.5, 0.6) is 0 Å². The Morgan fingerprint density at radius 1 is 0.279 bits per heavy atom. The second-order valence-corrected chi connectivity index (χ2v) is 18.6. The van der Waals surface area contributed by atoms with E-state index in [1.807, 2.05) is 13.8 Å². The topological polar surface area (TPSA) is 0 Å². The number of hydrogen-bond donors (Lipinski definition) is 0. The monoisotopic (exact) mass is 865 g/mol. The molecular weight excluding hydrogens is 733 g/mol. The van der Waals surface area contributed by atoms with Crippen molar-refractivity contribution >= 4 is 0 Å². The average Bonchev–Trinajstić information content (AvgIpc) is 3.26. The van der Waals surface area contributed by atoms with Crippen LogP contribution in [0.15, 0.2) is 24.3 Å². The first-order valence-electron chi connectivity index (χ1n) is 28.8. The molecule has 2 unspecified atom stereocenters. The molecule has 2 atom stereocenters. The van der Waals surface area contributed by atoms with E-state index in [0.717, 1.165) is 11.8 Å². The van der Waals surface area contributed by atoms with Gasteiger partial charge in [0, 0.05) is 0 Å². The summed E-state index contributed by atoms with van der Waals surface area (Å²) in [6.45, 7) is 42.9. The lowest BCUT2D eigenvalue weighted by molar-refractivity contribution is 0.394. The van der Waals surface area contributed by atoms with Crippen LogP contribution in [-0.4, -0.2) is 0 Å². The van der Waals surface area contributed by atoms with E-state index in [0.29, 0.717) is 0 Å². The maximum Gasteiger partial charge on any atom is -0.0326 e. The largest absolute Gasteiger partial charge is 0.100 e. The summed E-state index contributed by atoms with van der Waals surface area (Å²) in [5.74, 6) is 2.05. The van der Waals surface area contributed by atoms with Gasteiger partial charge in [-0.3, -0.25) is 0 Å². The fourth-order valence-corrected chi connectivity index (χ4v) is 6.96. The minimum Gasteiger partial charge on any atom is -0.100 e. The van der Waals surface area contributed by atoms with Gasteiger partial charge >= 0.3 is 0 Å². The molecule has 0 bridgehead atoms. The van der Waals surface area contributed by atoms with Crippen LogP contribution in [0.2, 0.25) is 0 Å². The molecule has 61 heavy (non-hydrogen) atoms. The lowest BCUT2D eigenvalue weighted by Crippen LogP contribution is -1.99. The molecule has 0 nitrogen and oxygen atoms in total. The van der Waals surface area contributed by atoms with Crippen molar-refractivity contribution < 1.29 is 0 Å². The standard InChI is InChI=1S/2C17H36.2C9H18.C4H10.C3H8.C2H6/c2*1-4-7-9-11-12-14-16-17(6-3)15-13-10-8-5-2;2*1-4-5-6-7-8-9(2)3;1-3-4-2;1-3-2;1-2/h2*17H,4-16H2,1-3H3;2*2,4-8H2,1,3H3;3-4H2,1-2H3;3H2,1-2H3;1-2H3. The first-order chi connectivity index (χ1) is 29.6. The van der Waals surface area contributed by atoms with Gasteiger partial charge in [-0.25, -0.2) is 0 Å². The van der Waals surface area contributed by atoms with Gasteiger partial charge in [0.2, 0.25) is 0 Å². The van der Waals surface area contributed by atoms with Gasteiger partial charge in [-0.1, -0.05) is 333 Å². The van der Waals surface area contributed by atoms with Crippen molar-refractivity contribution in [3.05, 3.63) is 24.3 Å². The van der Waals surface area contributed by atoms with Gasteiger partial charge in [-0.05, 0) is 51.4 Å². The molecule has 0 fully saturated rings. The van der Waals surface area contributed by atoms with E-state index in [1.54, 1.807) is 0 Å². The molecule has 0 rings (SSSR count). The Morgan fingerprint density at radius 2 is 0.459 bits per heavy atom. The van der Waals surface area contributed by atoms with Crippen LogP contribution < -0.4 is 0 Å². The van der Waals surface area contributed by atoms with Gasteiger partial charge in [0.25, 0.3) is 0 Å². The Kier molecular flexibility index (Phi) is 97.9. The Hall–Kier alpha value is -0.520. The van der Waals surface area contributed by atoms with Gasteiger partial charge in [0.05, 0.1) is 0 Å². The second-order valence-electron chi connectivity index (χ2n) is 18.6. The van der Waals surface area contributed by atoms with Crippen LogP contribution in [0, 0.1) is 11.8 Å². The number of allylic oxidation sites excluding steroid dienone is 2. The van der Waals surface area contributed by atoms with Crippen molar-refractivity contribution in [3.8, 4) is 0 Å². The highest BCUT2D eigenvalue weighted by Gasteiger charge is 2.06. The zero-order chi connectivity index (χ0) is 47.9. The van der Waals surface area contributed by atoms with Crippen LogP contribution in [0.3, 0.4) is 0 Å². The highest BCUT2D eigenvalue weighted by atomic mass is 14.1. The Labute approximate surface area is 395 Å². The molecule has 0 aliphatic heterocycles. The van der Waals surface area contributed by atoms with Crippen molar-refractivity contribution in [2.45, 2.75) is 361 Å². The summed E-state index contributed by atoms with van der Waals surface area (Å²) in [6, 6.07) is 0. The molecule has 0 N–H and O–H groups in total. The molecule has 0 radical (unpaired) electrons. The summed E-state index contributed by atoms with van der Waals surface area (Å²) in [5, 5.41) is 0. The van der Waals surface area contributed by atoms with Crippen molar-refractivity contribution in [1.82, 2.24) is 0 Å². The molecule has 0 aromatic rings. The predicted octanol–water partition coefficient (Wildman–Crippen LogP) is 24.8. The fraction of sp³-hybridized carbons (Fsp3) is 0.934. The lowest BCUT2D eigenvalue weighted by atomic mass is 9.92.